The van der Waals surface area contributed by atoms with E-state index in [1.807, 2.05) is 49.8 Å². The Morgan fingerprint density at radius 3 is 2.52 bits per heavy atom. The molecule has 0 saturated carbocycles. The van der Waals surface area contributed by atoms with Crippen LogP contribution in [0, 0.1) is 6.92 Å². The maximum atomic E-state index is 13.5. The van der Waals surface area contributed by atoms with E-state index in [4.69, 9.17) is 4.74 Å². The number of ether oxygens (including phenoxy) is 1. The molecular weight excluding hydrogens is 394 g/mol. The lowest BCUT2D eigenvalue weighted by Crippen LogP contribution is -2.56. The number of rotatable bonds is 6. The average Bonchev–Trinajstić information content (AvgIpc) is 3.18. The van der Waals surface area contributed by atoms with E-state index >= 15 is 0 Å². The molecule has 0 radical (unpaired) electrons. The Morgan fingerprint density at radius 1 is 1.16 bits per heavy atom. The van der Waals surface area contributed by atoms with Crippen LogP contribution in [-0.2, 0) is 24.9 Å². The number of imide groups is 1. The summed E-state index contributed by atoms with van der Waals surface area (Å²) in [5.41, 5.74) is 2.40. The van der Waals surface area contributed by atoms with Crippen molar-refractivity contribution in [1.82, 2.24) is 24.5 Å². The Hall–Kier alpha value is -2.87. The highest BCUT2D eigenvalue weighted by Crippen LogP contribution is 2.38. The zero-order valence-electron chi connectivity index (χ0n) is 18.8. The van der Waals surface area contributed by atoms with Gasteiger partial charge in [0.15, 0.2) is 0 Å². The smallest absolute Gasteiger partial charge is 0.327 e. The second-order valence-corrected chi connectivity index (χ2v) is 8.49. The standard InChI is InChI=1S/C23H31N5O3/c1-5-28-22(30)27(14-18-7-6-8-20(13-18)31-4)21(29)23(28)9-11-26(12-10-23)16-19-15-25(3)24-17(19)2/h6-8,13,15H,5,9-12,14,16H2,1-4H3. The normalized spacial score (nSPS) is 19.0. The van der Waals surface area contributed by atoms with Crippen LogP contribution in [0.3, 0.4) is 0 Å². The molecule has 3 heterocycles. The average molecular weight is 426 g/mol. The van der Waals surface area contributed by atoms with Crippen molar-refractivity contribution in [3.8, 4) is 5.75 Å². The Labute approximate surface area is 183 Å². The Kier molecular flexibility index (Phi) is 5.75. The SMILES string of the molecule is CCN1C(=O)N(Cc2cccc(OC)c2)C(=O)C12CCN(Cc1cn(C)nc1C)CC2. The number of likely N-dealkylation sites (tertiary alicyclic amines) is 1. The molecule has 0 unspecified atom stereocenters. The number of carbonyl (C=O) groups excluding carboxylic acids is 2. The van der Waals surface area contributed by atoms with Crippen LogP contribution in [0.25, 0.3) is 0 Å². The number of benzene rings is 1. The summed E-state index contributed by atoms with van der Waals surface area (Å²) in [6.45, 7) is 7.14. The number of nitrogens with zero attached hydrogens (tertiary/aromatic N) is 5. The fourth-order valence-electron chi connectivity index (χ4n) is 4.92. The molecule has 2 aliphatic rings. The summed E-state index contributed by atoms with van der Waals surface area (Å²) in [7, 11) is 3.54. The van der Waals surface area contributed by atoms with Crippen molar-refractivity contribution in [3.05, 3.63) is 47.3 Å². The zero-order valence-corrected chi connectivity index (χ0v) is 18.8. The summed E-state index contributed by atoms with van der Waals surface area (Å²) in [6.07, 6.45) is 3.36. The molecule has 8 nitrogen and oxygen atoms in total. The molecule has 0 aliphatic carbocycles. The van der Waals surface area contributed by atoms with Crippen LogP contribution in [0.5, 0.6) is 5.75 Å². The highest BCUT2D eigenvalue weighted by Gasteiger charge is 2.57. The van der Waals surface area contributed by atoms with E-state index in [1.165, 1.54) is 10.5 Å². The van der Waals surface area contributed by atoms with Gasteiger partial charge in [-0.25, -0.2) is 4.79 Å². The molecule has 166 valence electrons. The first-order chi connectivity index (χ1) is 14.9. The highest BCUT2D eigenvalue weighted by atomic mass is 16.5. The third-order valence-electron chi connectivity index (χ3n) is 6.61. The van der Waals surface area contributed by atoms with Crippen LogP contribution in [0.2, 0.25) is 0 Å². The van der Waals surface area contributed by atoms with Crippen molar-refractivity contribution in [1.29, 1.82) is 0 Å². The van der Waals surface area contributed by atoms with Crippen molar-refractivity contribution >= 4 is 11.9 Å². The van der Waals surface area contributed by atoms with Gasteiger partial charge in [-0.2, -0.15) is 5.10 Å². The number of urea groups is 1. The third kappa shape index (κ3) is 3.80. The Bertz CT molecular complexity index is 977. The minimum Gasteiger partial charge on any atom is -0.497 e. The highest BCUT2D eigenvalue weighted by molar-refractivity contribution is 6.07. The van der Waals surface area contributed by atoms with Crippen molar-refractivity contribution in [2.24, 2.45) is 7.05 Å². The number of hydrogen-bond donors (Lipinski definition) is 0. The molecule has 0 atom stereocenters. The van der Waals surface area contributed by atoms with E-state index in [0.717, 1.165) is 36.6 Å². The number of aromatic nitrogens is 2. The summed E-state index contributed by atoms with van der Waals surface area (Å²) in [4.78, 5) is 32.3. The molecule has 8 heteroatoms. The van der Waals surface area contributed by atoms with Crippen LogP contribution in [0.1, 0.15) is 36.6 Å². The quantitative estimate of drug-likeness (QED) is 0.666. The lowest BCUT2D eigenvalue weighted by molar-refractivity contribution is -0.136. The maximum absolute atomic E-state index is 13.5. The first-order valence-corrected chi connectivity index (χ1v) is 10.9. The van der Waals surface area contributed by atoms with E-state index in [0.29, 0.717) is 19.4 Å². The molecule has 1 aromatic heterocycles. The fraction of sp³-hybridized carbons (Fsp3) is 0.522. The van der Waals surface area contributed by atoms with Crippen LogP contribution in [-0.4, -0.2) is 68.7 Å². The van der Waals surface area contributed by atoms with E-state index in [9.17, 15) is 9.59 Å². The molecule has 1 aromatic carbocycles. The number of carbonyl (C=O) groups is 2. The minimum atomic E-state index is -0.731. The van der Waals surface area contributed by atoms with E-state index in [-0.39, 0.29) is 18.5 Å². The van der Waals surface area contributed by atoms with Gasteiger partial charge in [0.1, 0.15) is 11.3 Å². The summed E-state index contributed by atoms with van der Waals surface area (Å²) in [5, 5.41) is 4.42. The van der Waals surface area contributed by atoms with Crippen LogP contribution >= 0.6 is 0 Å². The van der Waals surface area contributed by atoms with Crippen LogP contribution in [0.15, 0.2) is 30.5 Å². The molecule has 2 aromatic rings. The predicted octanol–water partition coefficient (Wildman–Crippen LogP) is 2.56. The van der Waals surface area contributed by atoms with Gasteiger partial charge in [0.05, 0.1) is 19.3 Å². The van der Waals surface area contributed by atoms with Crippen LogP contribution < -0.4 is 4.74 Å². The van der Waals surface area contributed by atoms with E-state index in [1.54, 1.807) is 12.0 Å². The van der Waals surface area contributed by atoms with Gasteiger partial charge in [-0.05, 0) is 44.4 Å². The third-order valence-corrected chi connectivity index (χ3v) is 6.61. The number of hydrogen-bond acceptors (Lipinski definition) is 5. The second-order valence-electron chi connectivity index (χ2n) is 8.49. The Balaban J connectivity index is 1.49. The maximum Gasteiger partial charge on any atom is 0.327 e. The van der Waals surface area contributed by atoms with Gasteiger partial charge in [0.25, 0.3) is 5.91 Å². The molecule has 2 aliphatic heterocycles. The first-order valence-electron chi connectivity index (χ1n) is 10.9. The van der Waals surface area contributed by atoms with Gasteiger partial charge in [-0.15, -0.1) is 0 Å². The molecule has 1 spiro atoms. The van der Waals surface area contributed by atoms with Crippen molar-refractivity contribution < 1.29 is 14.3 Å². The number of piperidine rings is 1. The van der Waals surface area contributed by atoms with Gasteiger partial charge in [0.2, 0.25) is 0 Å². The van der Waals surface area contributed by atoms with Crippen LogP contribution in [0.4, 0.5) is 4.79 Å². The lowest BCUT2D eigenvalue weighted by Gasteiger charge is -2.41. The predicted molar refractivity (Wildman–Crippen MR) is 117 cm³/mol. The molecule has 2 fully saturated rings. The summed E-state index contributed by atoms with van der Waals surface area (Å²) in [6, 6.07) is 7.35. The molecule has 4 rings (SSSR count). The largest absolute Gasteiger partial charge is 0.497 e. The topological polar surface area (TPSA) is 70.9 Å². The molecular formula is C23H31N5O3. The van der Waals surface area contributed by atoms with Crippen molar-refractivity contribution in [3.63, 3.8) is 0 Å². The zero-order chi connectivity index (χ0) is 22.2. The second kappa shape index (κ2) is 8.34. The molecule has 0 bridgehead atoms. The van der Waals surface area contributed by atoms with Gasteiger partial charge in [-0.3, -0.25) is 19.3 Å². The van der Waals surface area contributed by atoms with E-state index in [2.05, 4.69) is 16.2 Å². The first kappa shape index (κ1) is 21.4. The minimum absolute atomic E-state index is 0.0700. The molecule has 2 saturated heterocycles. The lowest BCUT2D eigenvalue weighted by atomic mass is 9.85. The number of methoxy groups -OCH3 is 1. The van der Waals surface area contributed by atoms with Crippen molar-refractivity contribution in [2.75, 3.05) is 26.7 Å². The van der Waals surface area contributed by atoms with Gasteiger partial charge in [0, 0.05) is 45.0 Å². The monoisotopic (exact) mass is 425 g/mol. The fourth-order valence-corrected chi connectivity index (χ4v) is 4.92. The molecule has 3 amide bonds. The molecule has 0 N–H and O–H groups in total. The molecule has 31 heavy (non-hydrogen) atoms. The van der Waals surface area contributed by atoms with Gasteiger partial charge in [-0.1, -0.05) is 12.1 Å². The van der Waals surface area contributed by atoms with E-state index < -0.39 is 5.54 Å². The Morgan fingerprint density at radius 2 is 1.90 bits per heavy atom. The summed E-state index contributed by atoms with van der Waals surface area (Å²) < 4.78 is 7.12. The number of amides is 3. The van der Waals surface area contributed by atoms with Gasteiger partial charge >= 0.3 is 6.03 Å². The summed E-state index contributed by atoms with van der Waals surface area (Å²) in [5.74, 6) is 0.650. The van der Waals surface area contributed by atoms with Crippen molar-refractivity contribution in [2.45, 2.75) is 45.3 Å². The number of aryl methyl sites for hydroxylation is 2. The number of likely N-dealkylation sites (N-methyl/N-ethyl adjacent to an activating group) is 1. The summed E-state index contributed by atoms with van der Waals surface area (Å²) >= 11 is 0. The van der Waals surface area contributed by atoms with Gasteiger partial charge < -0.3 is 9.64 Å².